The Bertz CT molecular complexity index is 2240. The summed E-state index contributed by atoms with van der Waals surface area (Å²) < 4.78 is 0. The molecule has 0 bridgehead atoms. The Kier molecular flexibility index (Phi) is 6.90. The Morgan fingerprint density at radius 1 is 0.289 bits per heavy atom. The lowest BCUT2D eigenvalue weighted by atomic mass is 9.95. The molecule has 8 aromatic rings. The minimum Gasteiger partial charge on any atom is -0.310 e. The zero-order chi connectivity index (χ0) is 30.0. The van der Waals surface area contributed by atoms with Crippen LogP contribution in [0.2, 0.25) is 0 Å². The molecule has 45 heavy (non-hydrogen) atoms. The molecule has 0 radical (unpaired) electrons. The topological polar surface area (TPSA) is 3.24 Å². The van der Waals surface area contributed by atoms with Gasteiger partial charge < -0.3 is 4.90 Å². The average molecular weight is 574 g/mol. The molecule has 0 aliphatic heterocycles. The summed E-state index contributed by atoms with van der Waals surface area (Å²) in [6.07, 6.45) is 0. The fourth-order valence-electron chi connectivity index (χ4n) is 6.49. The molecule has 1 heteroatoms. The first-order valence-electron chi connectivity index (χ1n) is 15.4. The van der Waals surface area contributed by atoms with E-state index in [0.717, 1.165) is 17.1 Å². The molecule has 0 fully saturated rings. The molecule has 212 valence electrons. The maximum Gasteiger partial charge on any atom is 0.0540 e. The summed E-state index contributed by atoms with van der Waals surface area (Å²) in [5.41, 5.74) is 10.8. The number of hydrogen-bond acceptors (Lipinski definition) is 1. The summed E-state index contributed by atoms with van der Waals surface area (Å²) >= 11 is 0. The highest BCUT2D eigenvalue weighted by Crippen LogP contribution is 2.42. The van der Waals surface area contributed by atoms with Crippen molar-refractivity contribution in [2.24, 2.45) is 0 Å². The van der Waals surface area contributed by atoms with Gasteiger partial charge in [0.15, 0.2) is 0 Å². The van der Waals surface area contributed by atoms with Crippen molar-refractivity contribution in [1.82, 2.24) is 0 Å². The van der Waals surface area contributed by atoms with E-state index in [1.807, 2.05) is 0 Å². The summed E-state index contributed by atoms with van der Waals surface area (Å²) in [4.78, 5) is 2.37. The number of para-hydroxylation sites is 1. The molecule has 0 spiro atoms. The molecular formula is C44H31N. The summed E-state index contributed by atoms with van der Waals surface area (Å²) in [5.74, 6) is 0. The molecule has 1 nitrogen and oxygen atoms in total. The Balaban J connectivity index is 1.21. The van der Waals surface area contributed by atoms with Gasteiger partial charge in [-0.1, -0.05) is 152 Å². The van der Waals surface area contributed by atoms with Crippen LogP contribution in [-0.2, 0) is 0 Å². The molecule has 0 saturated heterocycles. The van der Waals surface area contributed by atoms with Crippen molar-refractivity contribution in [3.05, 3.63) is 188 Å². The zero-order valence-corrected chi connectivity index (χ0v) is 24.8. The Morgan fingerprint density at radius 2 is 0.844 bits per heavy atom. The third-order valence-corrected chi connectivity index (χ3v) is 8.67. The molecule has 0 heterocycles. The third kappa shape index (κ3) is 5.05. The molecular weight excluding hydrogens is 542 g/mol. The molecule has 8 rings (SSSR count). The molecule has 8 aromatic carbocycles. The largest absolute Gasteiger partial charge is 0.310 e. The summed E-state index contributed by atoms with van der Waals surface area (Å²) in [7, 11) is 0. The second-order valence-corrected chi connectivity index (χ2v) is 11.4. The molecule has 0 aromatic heterocycles. The van der Waals surface area contributed by atoms with Crippen LogP contribution in [0.25, 0.3) is 54.9 Å². The van der Waals surface area contributed by atoms with Crippen molar-refractivity contribution in [3.8, 4) is 33.4 Å². The van der Waals surface area contributed by atoms with Gasteiger partial charge >= 0.3 is 0 Å². The van der Waals surface area contributed by atoms with Crippen LogP contribution in [0.15, 0.2) is 188 Å². The molecule has 0 unspecified atom stereocenters. The van der Waals surface area contributed by atoms with Gasteiger partial charge in [-0.15, -0.1) is 0 Å². The van der Waals surface area contributed by atoms with Crippen molar-refractivity contribution in [2.75, 3.05) is 4.90 Å². The first-order valence-corrected chi connectivity index (χ1v) is 15.4. The maximum absolute atomic E-state index is 2.37. The van der Waals surface area contributed by atoms with Crippen molar-refractivity contribution >= 4 is 38.6 Å². The normalized spacial score (nSPS) is 11.1. The predicted octanol–water partition coefficient (Wildman–Crippen LogP) is 12.5. The van der Waals surface area contributed by atoms with Gasteiger partial charge in [0, 0.05) is 16.8 Å². The lowest BCUT2D eigenvalue weighted by Crippen LogP contribution is -2.10. The highest BCUT2D eigenvalue weighted by Gasteiger charge is 2.17. The SMILES string of the molecule is c1ccc(-c2cccc3cc(-c4ccc(N(c5ccccc5)c5ccc(-c6ccccc6)c6ccccc56)cc4)ccc23)cc1. The van der Waals surface area contributed by atoms with Gasteiger partial charge in [-0.25, -0.2) is 0 Å². The van der Waals surface area contributed by atoms with Crippen LogP contribution in [-0.4, -0.2) is 0 Å². The van der Waals surface area contributed by atoms with Gasteiger partial charge in [-0.2, -0.15) is 0 Å². The molecule has 0 aliphatic rings. The van der Waals surface area contributed by atoms with E-state index < -0.39 is 0 Å². The standard InChI is InChI=1S/C44H31N/c1-4-13-33(14-5-1)39-22-12-17-36-31-35(25-28-41(36)39)32-23-26-38(27-24-32)45(37-18-8-3-9-19-37)44-30-29-40(34-15-6-2-7-16-34)42-20-10-11-21-43(42)44/h1-31H. The number of benzene rings is 8. The fraction of sp³-hybridized carbons (Fsp3) is 0. The molecule has 0 amide bonds. The van der Waals surface area contributed by atoms with Crippen LogP contribution >= 0.6 is 0 Å². The first-order chi connectivity index (χ1) is 22.3. The van der Waals surface area contributed by atoms with Crippen molar-refractivity contribution in [2.45, 2.75) is 0 Å². The Hall–Kier alpha value is -5.92. The minimum atomic E-state index is 1.12. The smallest absolute Gasteiger partial charge is 0.0540 e. The molecule has 0 saturated carbocycles. The van der Waals surface area contributed by atoms with Crippen molar-refractivity contribution in [1.29, 1.82) is 0 Å². The summed E-state index contributed by atoms with van der Waals surface area (Å²) in [6, 6.07) is 67.5. The number of hydrogen-bond donors (Lipinski definition) is 0. The van der Waals surface area contributed by atoms with E-state index in [0.29, 0.717) is 0 Å². The van der Waals surface area contributed by atoms with E-state index in [-0.39, 0.29) is 0 Å². The van der Waals surface area contributed by atoms with E-state index in [2.05, 4.69) is 193 Å². The van der Waals surface area contributed by atoms with Gasteiger partial charge in [0.1, 0.15) is 0 Å². The quantitative estimate of drug-likeness (QED) is 0.191. The van der Waals surface area contributed by atoms with Crippen LogP contribution in [0.1, 0.15) is 0 Å². The number of fused-ring (bicyclic) bond motifs is 2. The Labute approximate surface area is 264 Å². The zero-order valence-electron chi connectivity index (χ0n) is 24.8. The van der Waals surface area contributed by atoms with Gasteiger partial charge in [0.25, 0.3) is 0 Å². The second kappa shape index (κ2) is 11.6. The minimum absolute atomic E-state index is 1.12. The lowest BCUT2D eigenvalue weighted by Gasteiger charge is -2.27. The molecule has 0 atom stereocenters. The second-order valence-electron chi connectivity index (χ2n) is 11.4. The molecule has 0 aliphatic carbocycles. The number of anilines is 3. The van der Waals surface area contributed by atoms with Crippen LogP contribution in [0.5, 0.6) is 0 Å². The summed E-state index contributed by atoms with van der Waals surface area (Å²) in [5, 5.41) is 4.97. The Morgan fingerprint density at radius 3 is 1.53 bits per heavy atom. The van der Waals surface area contributed by atoms with E-state index in [1.54, 1.807) is 0 Å². The number of rotatable bonds is 6. The van der Waals surface area contributed by atoms with E-state index >= 15 is 0 Å². The van der Waals surface area contributed by atoms with Crippen LogP contribution in [0.3, 0.4) is 0 Å². The van der Waals surface area contributed by atoms with Crippen LogP contribution < -0.4 is 4.90 Å². The highest BCUT2D eigenvalue weighted by atomic mass is 15.1. The van der Waals surface area contributed by atoms with E-state index in [9.17, 15) is 0 Å². The van der Waals surface area contributed by atoms with Crippen molar-refractivity contribution < 1.29 is 0 Å². The fourth-order valence-corrected chi connectivity index (χ4v) is 6.49. The monoisotopic (exact) mass is 573 g/mol. The number of nitrogens with zero attached hydrogens (tertiary/aromatic N) is 1. The third-order valence-electron chi connectivity index (χ3n) is 8.67. The van der Waals surface area contributed by atoms with E-state index in [4.69, 9.17) is 0 Å². The molecule has 0 N–H and O–H groups in total. The van der Waals surface area contributed by atoms with Crippen LogP contribution in [0.4, 0.5) is 17.1 Å². The van der Waals surface area contributed by atoms with E-state index in [1.165, 1.54) is 54.9 Å². The maximum atomic E-state index is 2.37. The summed E-state index contributed by atoms with van der Waals surface area (Å²) in [6.45, 7) is 0. The van der Waals surface area contributed by atoms with Gasteiger partial charge in [-0.3, -0.25) is 0 Å². The predicted molar refractivity (Wildman–Crippen MR) is 192 cm³/mol. The lowest BCUT2D eigenvalue weighted by molar-refractivity contribution is 1.30. The van der Waals surface area contributed by atoms with Gasteiger partial charge in [0.05, 0.1) is 5.69 Å². The average Bonchev–Trinajstić information content (AvgIpc) is 3.13. The van der Waals surface area contributed by atoms with Crippen LogP contribution in [0, 0.1) is 0 Å². The first kappa shape index (κ1) is 26.7. The van der Waals surface area contributed by atoms with Gasteiger partial charge in [-0.05, 0) is 85.9 Å². The van der Waals surface area contributed by atoms with Gasteiger partial charge in [0.2, 0.25) is 0 Å². The highest BCUT2D eigenvalue weighted by molar-refractivity contribution is 6.06. The van der Waals surface area contributed by atoms with Crippen molar-refractivity contribution in [3.63, 3.8) is 0 Å².